The van der Waals surface area contributed by atoms with Crippen LogP contribution in [0, 0.1) is 17.3 Å². The third kappa shape index (κ3) is 3.44. The predicted octanol–water partition coefficient (Wildman–Crippen LogP) is 2.44. The van der Waals surface area contributed by atoms with Gasteiger partial charge in [0, 0.05) is 19.4 Å². The monoisotopic (exact) mass is 295 g/mol. The van der Waals surface area contributed by atoms with Gasteiger partial charge in [-0.05, 0) is 24.2 Å². The number of aliphatic carboxylic acids is 1. The Morgan fingerprint density at radius 2 is 1.67 bits per heavy atom. The fourth-order valence-corrected chi connectivity index (χ4v) is 3.66. The van der Waals surface area contributed by atoms with Crippen molar-refractivity contribution in [3.05, 3.63) is 0 Å². The van der Waals surface area contributed by atoms with Gasteiger partial charge < -0.3 is 5.11 Å². The van der Waals surface area contributed by atoms with E-state index in [4.69, 9.17) is 0 Å². The largest absolute Gasteiger partial charge is 0.481 e. The number of carboxylic acids is 1. The fourth-order valence-electron chi connectivity index (χ4n) is 3.66. The highest BCUT2D eigenvalue weighted by Crippen LogP contribution is 2.45. The lowest BCUT2D eigenvalue weighted by Gasteiger charge is -2.43. The summed E-state index contributed by atoms with van der Waals surface area (Å²) in [6.45, 7) is 3.63. The van der Waals surface area contributed by atoms with Crippen LogP contribution in [0.4, 0.5) is 0 Å². The maximum Gasteiger partial charge on any atom is 0.308 e. The van der Waals surface area contributed by atoms with E-state index in [1.54, 1.807) is 13.8 Å². The standard InChI is InChI=1S/C16H25NO4/c1-11(2)12(15(20)21)10-17-13(18)8-16(9-14(17)19)6-4-3-5-7-16/h11-12H,3-10H2,1-2H3,(H,20,21). The number of nitrogens with zero attached hydrogens (tertiary/aromatic N) is 1. The number of hydrogen-bond acceptors (Lipinski definition) is 3. The minimum atomic E-state index is -0.941. The molecule has 1 spiro atoms. The zero-order valence-corrected chi connectivity index (χ0v) is 12.9. The molecule has 2 fully saturated rings. The van der Waals surface area contributed by atoms with Crippen molar-refractivity contribution in [3.8, 4) is 0 Å². The maximum absolute atomic E-state index is 12.4. The molecule has 5 heteroatoms. The van der Waals surface area contributed by atoms with E-state index in [0.717, 1.165) is 25.7 Å². The highest BCUT2D eigenvalue weighted by molar-refractivity contribution is 5.99. The van der Waals surface area contributed by atoms with Gasteiger partial charge in [0.2, 0.25) is 11.8 Å². The second-order valence-electron chi connectivity index (χ2n) is 7.00. The lowest BCUT2D eigenvalue weighted by atomic mass is 9.67. The van der Waals surface area contributed by atoms with Gasteiger partial charge in [-0.25, -0.2) is 0 Å². The van der Waals surface area contributed by atoms with E-state index in [0.29, 0.717) is 12.8 Å². The summed E-state index contributed by atoms with van der Waals surface area (Å²) < 4.78 is 0. The smallest absolute Gasteiger partial charge is 0.308 e. The lowest BCUT2D eigenvalue weighted by Crippen LogP contribution is -2.51. The van der Waals surface area contributed by atoms with Crippen LogP contribution < -0.4 is 0 Å². The average molecular weight is 295 g/mol. The van der Waals surface area contributed by atoms with Crippen molar-refractivity contribution in [3.63, 3.8) is 0 Å². The number of carbonyl (C=O) groups is 3. The minimum Gasteiger partial charge on any atom is -0.481 e. The number of likely N-dealkylation sites (tertiary alicyclic amines) is 1. The van der Waals surface area contributed by atoms with Crippen molar-refractivity contribution in [2.75, 3.05) is 6.54 Å². The Morgan fingerprint density at radius 3 is 2.10 bits per heavy atom. The molecule has 5 nitrogen and oxygen atoms in total. The van der Waals surface area contributed by atoms with Gasteiger partial charge in [-0.1, -0.05) is 33.1 Å². The number of piperidine rings is 1. The molecule has 0 aromatic heterocycles. The molecular formula is C16H25NO4. The fraction of sp³-hybridized carbons (Fsp3) is 0.812. The first kappa shape index (κ1) is 16.0. The number of amides is 2. The van der Waals surface area contributed by atoms with Crippen molar-refractivity contribution < 1.29 is 19.5 Å². The molecule has 0 bridgehead atoms. The number of hydrogen-bond donors (Lipinski definition) is 1. The summed E-state index contributed by atoms with van der Waals surface area (Å²) in [5, 5.41) is 9.24. The Morgan fingerprint density at radius 1 is 1.14 bits per heavy atom. The Labute approximate surface area is 125 Å². The van der Waals surface area contributed by atoms with Crippen LogP contribution in [0.25, 0.3) is 0 Å². The molecule has 1 heterocycles. The van der Waals surface area contributed by atoms with E-state index < -0.39 is 11.9 Å². The molecule has 0 aromatic rings. The third-order valence-electron chi connectivity index (χ3n) is 5.07. The summed E-state index contributed by atoms with van der Waals surface area (Å²) in [5.74, 6) is -2.09. The maximum atomic E-state index is 12.4. The molecule has 1 aliphatic carbocycles. The van der Waals surface area contributed by atoms with Gasteiger partial charge >= 0.3 is 5.97 Å². The van der Waals surface area contributed by atoms with Crippen molar-refractivity contribution in [1.29, 1.82) is 0 Å². The van der Waals surface area contributed by atoms with E-state index in [2.05, 4.69) is 0 Å². The first-order chi connectivity index (χ1) is 9.84. The molecule has 2 aliphatic rings. The van der Waals surface area contributed by atoms with Crippen LogP contribution >= 0.6 is 0 Å². The second-order valence-corrected chi connectivity index (χ2v) is 7.00. The molecule has 1 unspecified atom stereocenters. The molecule has 1 saturated heterocycles. The summed E-state index contributed by atoms with van der Waals surface area (Å²) in [6, 6.07) is 0. The number of carbonyl (C=O) groups excluding carboxylic acids is 2. The van der Waals surface area contributed by atoms with Crippen LogP contribution in [0.3, 0.4) is 0 Å². The molecule has 1 saturated carbocycles. The second kappa shape index (κ2) is 6.16. The average Bonchev–Trinajstić information content (AvgIpc) is 2.37. The summed E-state index contributed by atoms with van der Waals surface area (Å²) in [7, 11) is 0. The van der Waals surface area contributed by atoms with Gasteiger partial charge in [0.05, 0.1) is 5.92 Å². The summed E-state index contributed by atoms with van der Waals surface area (Å²) >= 11 is 0. The van der Waals surface area contributed by atoms with Gasteiger partial charge in [-0.3, -0.25) is 19.3 Å². The molecular weight excluding hydrogens is 270 g/mol. The molecule has 118 valence electrons. The van der Waals surface area contributed by atoms with Crippen LogP contribution in [0.2, 0.25) is 0 Å². The Hall–Kier alpha value is -1.39. The first-order valence-electron chi connectivity index (χ1n) is 7.91. The van der Waals surface area contributed by atoms with E-state index in [1.807, 2.05) is 0 Å². The molecule has 1 atom stereocenters. The van der Waals surface area contributed by atoms with Crippen molar-refractivity contribution >= 4 is 17.8 Å². The number of carboxylic acid groups (broad SMARTS) is 1. The normalized spacial score (nSPS) is 23.7. The molecule has 1 N–H and O–H groups in total. The molecule has 0 radical (unpaired) electrons. The predicted molar refractivity (Wildman–Crippen MR) is 77.4 cm³/mol. The Kier molecular flexibility index (Phi) is 4.69. The first-order valence-corrected chi connectivity index (χ1v) is 7.91. The Bertz CT molecular complexity index is 418. The van der Waals surface area contributed by atoms with Crippen LogP contribution in [0.15, 0.2) is 0 Å². The molecule has 0 aromatic carbocycles. The zero-order chi connectivity index (χ0) is 15.6. The van der Waals surface area contributed by atoms with E-state index in [-0.39, 0.29) is 29.7 Å². The highest BCUT2D eigenvalue weighted by Gasteiger charge is 2.45. The molecule has 2 rings (SSSR count). The summed E-state index contributed by atoms with van der Waals surface area (Å²) in [5.41, 5.74) is -0.139. The zero-order valence-electron chi connectivity index (χ0n) is 12.9. The third-order valence-corrected chi connectivity index (χ3v) is 5.07. The van der Waals surface area contributed by atoms with Crippen molar-refractivity contribution in [1.82, 2.24) is 4.90 Å². The van der Waals surface area contributed by atoms with E-state index in [9.17, 15) is 19.5 Å². The minimum absolute atomic E-state index is 0.0146. The summed E-state index contributed by atoms with van der Waals surface area (Å²) in [6.07, 6.45) is 6.07. The quantitative estimate of drug-likeness (QED) is 0.808. The van der Waals surface area contributed by atoms with Gasteiger partial charge in [0.1, 0.15) is 0 Å². The van der Waals surface area contributed by atoms with Crippen molar-refractivity contribution in [2.24, 2.45) is 17.3 Å². The molecule has 21 heavy (non-hydrogen) atoms. The topological polar surface area (TPSA) is 74.7 Å². The van der Waals surface area contributed by atoms with Crippen LogP contribution in [0.5, 0.6) is 0 Å². The van der Waals surface area contributed by atoms with Gasteiger partial charge in [0.25, 0.3) is 0 Å². The lowest BCUT2D eigenvalue weighted by molar-refractivity contribution is -0.157. The summed E-state index contributed by atoms with van der Waals surface area (Å²) in [4.78, 5) is 37.2. The van der Waals surface area contributed by atoms with Crippen LogP contribution in [-0.4, -0.2) is 34.3 Å². The van der Waals surface area contributed by atoms with E-state index >= 15 is 0 Å². The SMILES string of the molecule is CC(C)C(CN1C(=O)CC2(CCCCC2)CC1=O)C(=O)O. The van der Waals surface area contributed by atoms with Gasteiger partial charge in [-0.2, -0.15) is 0 Å². The highest BCUT2D eigenvalue weighted by atomic mass is 16.4. The van der Waals surface area contributed by atoms with Gasteiger partial charge in [0.15, 0.2) is 0 Å². The van der Waals surface area contributed by atoms with Crippen LogP contribution in [-0.2, 0) is 14.4 Å². The molecule has 1 aliphatic heterocycles. The number of imide groups is 1. The van der Waals surface area contributed by atoms with Gasteiger partial charge in [-0.15, -0.1) is 0 Å². The molecule has 2 amide bonds. The van der Waals surface area contributed by atoms with Crippen molar-refractivity contribution in [2.45, 2.75) is 58.8 Å². The number of rotatable bonds is 4. The van der Waals surface area contributed by atoms with Crippen LogP contribution in [0.1, 0.15) is 58.8 Å². The Balaban J connectivity index is 2.08. The van der Waals surface area contributed by atoms with E-state index in [1.165, 1.54) is 11.3 Å².